The molecular weight excluding hydrogens is 1020 g/mol. The maximum absolute atomic E-state index is 14.4. The number of methoxy groups -OCH3 is 6. The van der Waals surface area contributed by atoms with Gasteiger partial charge in [0.05, 0.1) is 63.5 Å². The maximum Gasteiger partial charge on any atom is 0.346 e. The molecule has 1 atom stereocenters. The summed E-state index contributed by atoms with van der Waals surface area (Å²) in [7, 11) is 11.2. The molecule has 71 heavy (non-hydrogen) atoms. The molecule has 0 bridgehead atoms. The van der Waals surface area contributed by atoms with Crippen LogP contribution in [0.15, 0.2) is 106 Å². The molecule has 3 aromatic rings. The summed E-state index contributed by atoms with van der Waals surface area (Å²) >= 11 is 11.5. The highest BCUT2D eigenvalue weighted by molar-refractivity contribution is 8.29. The van der Waals surface area contributed by atoms with Gasteiger partial charge in [-0.15, -0.1) is 0 Å². The van der Waals surface area contributed by atoms with E-state index in [2.05, 4.69) is 40.1 Å². The minimum Gasteiger partial charge on any atom is -0.466 e. The van der Waals surface area contributed by atoms with Gasteiger partial charge in [-0.25, -0.2) is 28.8 Å². The van der Waals surface area contributed by atoms with Gasteiger partial charge in [0.1, 0.15) is 28.6 Å². The number of hydrogen-bond acceptors (Lipinski definition) is 20. The summed E-state index contributed by atoms with van der Waals surface area (Å²) in [4.78, 5) is 87.4. The van der Waals surface area contributed by atoms with Crippen LogP contribution in [0.4, 0.5) is 11.4 Å². The van der Waals surface area contributed by atoms with Gasteiger partial charge < -0.3 is 38.2 Å². The number of carbonyl (C=O) groups excluding carboxylic acids is 6. The van der Waals surface area contributed by atoms with Crippen molar-refractivity contribution in [2.24, 2.45) is 0 Å². The Morgan fingerprint density at radius 2 is 0.958 bits per heavy atom. The number of esters is 6. The lowest BCUT2D eigenvalue weighted by Crippen LogP contribution is -2.51. The van der Waals surface area contributed by atoms with E-state index >= 15 is 0 Å². The minimum atomic E-state index is -1.70. The standard InChI is InChI=1S/C51H48N2O12S6/c1-49(2)40(66)32(48-68-36(44(56)62-9)37(69-48)45(57)63-10)27-22-25(18-20-29(27)52(49)5)31(24-16-14-13-15-17-24)26-19-21-30-28(23-26)33-41(50(3,4)53(30)6)67-35(43(55)61-8)34(42(54)60-7)51(33)70-38(46(58)64-11)39(71-51)47(59)65-12/h13-23,31H,1-12H3. The molecule has 0 radical (unpaired) electrons. The molecule has 5 aliphatic heterocycles. The van der Waals surface area contributed by atoms with E-state index in [9.17, 15) is 28.8 Å². The fraction of sp³-hybridized carbons (Fsp3) is 0.314. The molecule has 0 fully saturated rings. The maximum atomic E-state index is 14.4. The van der Waals surface area contributed by atoms with Crippen molar-refractivity contribution in [2.75, 3.05) is 66.6 Å². The summed E-state index contributed by atoms with van der Waals surface area (Å²) in [6, 6.07) is 22.3. The van der Waals surface area contributed by atoms with Gasteiger partial charge in [0.15, 0.2) is 0 Å². The summed E-state index contributed by atoms with van der Waals surface area (Å²) in [6.07, 6.45) is 0. The first-order chi connectivity index (χ1) is 33.7. The van der Waals surface area contributed by atoms with E-state index in [4.69, 9.17) is 40.6 Å². The smallest absolute Gasteiger partial charge is 0.346 e. The first kappa shape index (κ1) is 52.0. The summed E-state index contributed by atoms with van der Waals surface area (Å²) in [5.41, 5.74) is 5.33. The number of fused-ring (bicyclic) bond motifs is 4. The third kappa shape index (κ3) is 8.31. The molecule has 5 heterocycles. The Bertz CT molecular complexity index is 3000. The van der Waals surface area contributed by atoms with E-state index in [-0.39, 0.29) is 30.1 Å². The van der Waals surface area contributed by atoms with Crippen molar-refractivity contribution in [3.8, 4) is 0 Å². The van der Waals surface area contributed by atoms with Gasteiger partial charge >= 0.3 is 35.8 Å². The average molecular weight is 1070 g/mol. The highest BCUT2D eigenvalue weighted by Gasteiger charge is 2.61. The Morgan fingerprint density at radius 3 is 1.45 bits per heavy atom. The Labute approximate surface area is 437 Å². The first-order valence-electron chi connectivity index (χ1n) is 21.7. The normalized spacial score (nSPS) is 19.0. The van der Waals surface area contributed by atoms with Crippen LogP contribution in [0.25, 0.3) is 11.1 Å². The van der Waals surface area contributed by atoms with Crippen LogP contribution in [-0.4, -0.2) is 113 Å². The molecule has 8 rings (SSSR count). The second kappa shape index (κ2) is 19.6. The first-order valence-corrected chi connectivity index (χ1v) is 26.2. The number of ether oxygens (including phenoxy) is 6. The summed E-state index contributed by atoms with van der Waals surface area (Å²) in [5, 5.41) is 0. The zero-order valence-corrected chi connectivity index (χ0v) is 45.6. The molecule has 0 N–H and O–H groups in total. The number of rotatable bonds is 9. The van der Waals surface area contributed by atoms with Crippen molar-refractivity contribution in [2.45, 2.75) is 48.8 Å². The quantitative estimate of drug-likeness (QED) is 0.0654. The van der Waals surface area contributed by atoms with Crippen molar-refractivity contribution in [3.05, 3.63) is 134 Å². The van der Waals surface area contributed by atoms with Gasteiger partial charge in [-0.2, -0.15) is 0 Å². The van der Waals surface area contributed by atoms with Crippen LogP contribution in [0.1, 0.15) is 61.4 Å². The second-order valence-electron chi connectivity index (χ2n) is 17.4. The molecule has 1 spiro atoms. The van der Waals surface area contributed by atoms with Gasteiger partial charge in [0.25, 0.3) is 0 Å². The SMILES string of the molecule is COC(=O)C1=C(C(=O)OC)SC(=C2C(=S)C(C)(C)N(C)c3ccc(C(c4ccccc4)c4ccc5c(c4)C4=C(SC(C(=O)OC)=C(C(=O)OC)C46SC(C(=O)OC)=C(C(=O)OC)S6)C(C)(C)N5C)cc32)S1. The lowest BCUT2D eigenvalue weighted by atomic mass is 9.78. The number of thioether (sulfide) groups is 5. The van der Waals surface area contributed by atoms with Gasteiger partial charge in [-0.1, -0.05) is 113 Å². The lowest BCUT2D eigenvalue weighted by Gasteiger charge is -2.50. The largest absolute Gasteiger partial charge is 0.466 e. The number of benzene rings is 3. The van der Waals surface area contributed by atoms with Crippen molar-refractivity contribution >= 4 is 134 Å². The Balaban J connectivity index is 1.40. The van der Waals surface area contributed by atoms with Gasteiger partial charge in [-0.3, -0.25) is 0 Å². The van der Waals surface area contributed by atoms with Crippen LogP contribution < -0.4 is 9.80 Å². The molecule has 0 aromatic heterocycles. The molecule has 20 heteroatoms. The van der Waals surface area contributed by atoms with E-state index in [0.717, 1.165) is 92.4 Å². The van der Waals surface area contributed by atoms with Crippen LogP contribution in [0, 0.1) is 0 Å². The molecule has 0 saturated carbocycles. The summed E-state index contributed by atoms with van der Waals surface area (Å²) in [6.45, 7) is 8.03. The molecular formula is C51H48N2O12S6. The highest BCUT2D eigenvalue weighted by atomic mass is 32.2. The molecule has 1 unspecified atom stereocenters. The third-order valence-electron chi connectivity index (χ3n) is 13.2. The van der Waals surface area contributed by atoms with Gasteiger partial charge in [-0.05, 0) is 68.7 Å². The Morgan fingerprint density at radius 1 is 0.521 bits per heavy atom. The Hall–Kier alpha value is -5.38. The van der Waals surface area contributed by atoms with Gasteiger partial charge in [0, 0.05) is 63.4 Å². The predicted octanol–water partition coefficient (Wildman–Crippen LogP) is 9.19. The molecule has 0 amide bonds. The summed E-state index contributed by atoms with van der Waals surface area (Å²) in [5.74, 6) is -5.14. The van der Waals surface area contributed by atoms with E-state index in [0.29, 0.717) is 30.7 Å². The molecule has 5 aliphatic rings. The van der Waals surface area contributed by atoms with E-state index in [1.807, 2.05) is 78.2 Å². The molecule has 3 aromatic carbocycles. The van der Waals surface area contributed by atoms with Crippen LogP contribution in [0.3, 0.4) is 0 Å². The van der Waals surface area contributed by atoms with Crippen molar-refractivity contribution in [1.29, 1.82) is 0 Å². The number of thiocarbonyl (C=S) groups is 1. The number of nitrogens with zero attached hydrogens (tertiary/aromatic N) is 2. The third-order valence-corrected chi connectivity index (χ3v) is 21.1. The van der Waals surface area contributed by atoms with Crippen LogP contribution in [0.2, 0.25) is 0 Å². The molecule has 370 valence electrons. The predicted molar refractivity (Wildman–Crippen MR) is 286 cm³/mol. The van der Waals surface area contributed by atoms with Crippen molar-refractivity contribution in [3.63, 3.8) is 0 Å². The molecule has 14 nitrogen and oxygen atoms in total. The van der Waals surface area contributed by atoms with Crippen LogP contribution in [0.5, 0.6) is 0 Å². The minimum absolute atomic E-state index is 0.0621. The fourth-order valence-electron chi connectivity index (χ4n) is 9.05. The topological polar surface area (TPSA) is 164 Å². The highest BCUT2D eigenvalue weighted by Crippen LogP contribution is 2.71. The van der Waals surface area contributed by atoms with Gasteiger partial charge in [0.2, 0.25) is 0 Å². The van der Waals surface area contributed by atoms with Crippen LogP contribution in [-0.2, 0) is 57.2 Å². The molecule has 0 saturated heterocycles. The number of likely N-dealkylation sites (N-methyl/N-ethyl adjacent to an activating group) is 1. The lowest BCUT2D eigenvalue weighted by molar-refractivity contribution is -0.138. The van der Waals surface area contributed by atoms with Crippen LogP contribution >= 0.6 is 71.0 Å². The van der Waals surface area contributed by atoms with Crippen molar-refractivity contribution in [1.82, 2.24) is 0 Å². The zero-order chi connectivity index (χ0) is 51.6. The molecule has 0 aliphatic carbocycles. The summed E-state index contributed by atoms with van der Waals surface area (Å²) < 4.78 is 30.3. The average Bonchev–Trinajstić information content (AvgIpc) is 3.99. The number of anilines is 2. The monoisotopic (exact) mass is 1070 g/mol. The van der Waals surface area contributed by atoms with Crippen molar-refractivity contribution < 1.29 is 57.2 Å². The van der Waals surface area contributed by atoms with E-state index in [1.165, 1.54) is 42.7 Å². The second-order valence-corrected chi connectivity index (χ2v) is 23.9. The van der Waals surface area contributed by atoms with E-state index < -0.39 is 56.9 Å². The zero-order valence-electron chi connectivity index (χ0n) is 40.7. The fourth-order valence-corrected chi connectivity index (χ4v) is 17.2. The van der Waals surface area contributed by atoms with E-state index in [1.54, 1.807) is 0 Å². The number of hydrogen-bond donors (Lipinski definition) is 0. The number of carbonyl (C=O) groups is 6. The Kier molecular flexibility index (Phi) is 14.3.